The summed E-state index contributed by atoms with van der Waals surface area (Å²) in [5, 5.41) is 10.2. The Morgan fingerprint density at radius 2 is 1.45 bits per heavy atom. The fourth-order valence-corrected chi connectivity index (χ4v) is 3.12. The number of aliphatic hydroxyl groups excluding tert-OH is 1. The molecule has 0 spiro atoms. The van der Waals surface area contributed by atoms with Crippen LogP contribution >= 0.6 is 0 Å². The Bertz CT molecular complexity index is 257. The monoisotopic (exact) mass is 310 g/mol. The van der Waals surface area contributed by atoms with Gasteiger partial charge in [-0.05, 0) is 44.4 Å². The lowest BCUT2D eigenvalue weighted by atomic mass is 9.88. The van der Waals surface area contributed by atoms with Crippen molar-refractivity contribution in [2.75, 3.05) is 0 Å². The number of hydrogen-bond donors (Lipinski definition) is 1. The second-order valence-electron chi connectivity index (χ2n) is 7.02. The average molecular weight is 311 g/mol. The van der Waals surface area contributed by atoms with Crippen LogP contribution in [0.15, 0.2) is 11.6 Å². The van der Waals surface area contributed by atoms with Gasteiger partial charge in [-0.25, -0.2) is 0 Å². The highest BCUT2D eigenvalue weighted by atomic mass is 16.3. The van der Waals surface area contributed by atoms with Crippen molar-refractivity contribution < 1.29 is 5.11 Å². The van der Waals surface area contributed by atoms with Gasteiger partial charge in [0.25, 0.3) is 0 Å². The summed E-state index contributed by atoms with van der Waals surface area (Å²) in [5.74, 6) is 0.551. The van der Waals surface area contributed by atoms with Crippen LogP contribution in [0, 0.1) is 5.92 Å². The van der Waals surface area contributed by atoms with E-state index < -0.39 is 0 Å². The van der Waals surface area contributed by atoms with E-state index in [4.69, 9.17) is 0 Å². The molecule has 0 aliphatic rings. The minimum Gasteiger partial charge on any atom is -0.393 e. The highest BCUT2D eigenvalue weighted by Crippen LogP contribution is 2.25. The van der Waals surface area contributed by atoms with E-state index >= 15 is 0 Å². The first kappa shape index (κ1) is 21.7. The van der Waals surface area contributed by atoms with Crippen LogP contribution in [0.3, 0.4) is 0 Å². The number of aliphatic hydroxyl groups is 1. The molecule has 0 saturated carbocycles. The quantitative estimate of drug-likeness (QED) is 0.254. The minimum atomic E-state index is -0.105. The zero-order valence-corrected chi connectivity index (χ0v) is 15.9. The Hall–Kier alpha value is -0.300. The molecule has 0 fully saturated rings. The van der Waals surface area contributed by atoms with Gasteiger partial charge < -0.3 is 5.11 Å². The normalized spacial score (nSPS) is 15.0. The summed E-state index contributed by atoms with van der Waals surface area (Å²) in [6.45, 7) is 9.08. The zero-order chi connectivity index (χ0) is 16.6. The average Bonchev–Trinajstić information content (AvgIpc) is 2.50. The Morgan fingerprint density at radius 1 is 0.864 bits per heavy atom. The van der Waals surface area contributed by atoms with Crippen molar-refractivity contribution in [2.45, 2.75) is 117 Å². The van der Waals surface area contributed by atoms with Gasteiger partial charge in [0.2, 0.25) is 0 Å². The van der Waals surface area contributed by atoms with Gasteiger partial charge in [0.05, 0.1) is 6.10 Å². The lowest BCUT2D eigenvalue weighted by Gasteiger charge is -2.20. The second kappa shape index (κ2) is 15.6. The summed E-state index contributed by atoms with van der Waals surface area (Å²) in [5.41, 5.74) is 1.61. The SMILES string of the molecule is CCCCC/C=C(\CCCCC)C(C)CC(O)CCCCC. The first-order chi connectivity index (χ1) is 10.7. The lowest BCUT2D eigenvalue weighted by Crippen LogP contribution is -2.13. The molecule has 0 heterocycles. The maximum absolute atomic E-state index is 10.2. The molecular weight excluding hydrogens is 268 g/mol. The van der Waals surface area contributed by atoms with E-state index in [2.05, 4.69) is 33.8 Å². The van der Waals surface area contributed by atoms with Crippen molar-refractivity contribution in [1.29, 1.82) is 0 Å². The van der Waals surface area contributed by atoms with Crippen molar-refractivity contribution in [3.8, 4) is 0 Å². The van der Waals surface area contributed by atoms with Crippen molar-refractivity contribution in [3.63, 3.8) is 0 Å². The van der Waals surface area contributed by atoms with Gasteiger partial charge in [0, 0.05) is 0 Å². The summed E-state index contributed by atoms with van der Waals surface area (Å²) >= 11 is 0. The molecule has 1 N–H and O–H groups in total. The molecule has 0 aromatic carbocycles. The lowest BCUT2D eigenvalue weighted by molar-refractivity contribution is 0.138. The number of allylic oxidation sites excluding steroid dienone is 2. The number of rotatable bonds is 15. The Balaban J connectivity index is 4.29. The van der Waals surface area contributed by atoms with Gasteiger partial charge in [-0.15, -0.1) is 0 Å². The Labute approximate surface area is 140 Å². The Kier molecular flexibility index (Phi) is 15.4. The minimum absolute atomic E-state index is 0.105. The van der Waals surface area contributed by atoms with Crippen LogP contribution in [0.1, 0.15) is 111 Å². The van der Waals surface area contributed by atoms with Gasteiger partial charge in [-0.1, -0.05) is 84.3 Å². The van der Waals surface area contributed by atoms with Crippen molar-refractivity contribution in [3.05, 3.63) is 11.6 Å². The molecule has 0 bridgehead atoms. The van der Waals surface area contributed by atoms with E-state index in [0.717, 1.165) is 12.8 Å². The van der Waals surface area contributed by atoms with Crippen LogP contribution in [0.4, 0.5) is 0 Å². The topological polar surface area (TPSA) is 20.2 Å². The third kappa shape index (κ3) is 12.3. The van der Waals surface area contributed by atoms with Crippen LogP contribution in [-0.2, 0) is 0 Å². The van der Waals surface area contributed by atoms with Crippen molar-refractivity contribution in [1.82, 2.24) is 0 Å². The van der Waals surface area contributed by atoms with E-state index in [1.807, 2.05) is 0 Å². The molecular formula is C21H42O. The molecule has 2 atom stereocenters. The number of unbranched alkanes of at least 4 members (excludes halogenated alkanes) is 7. The standard InChI is InChI=1S/C21H42O/c1-5-8-11-14-16-20(15-12-9-6-2)19(4)18-21(22)17-13-10-7-3/h16,19,21-22H,5-15,17-18H2,1-4H3/b20-16+. The first-order valence-electron chi connectivity index (χ1n) is 10.0. The second-order valence-corrected chi connectivity index (χ2v) is 7.02. The maximum Gasteiger partial charge on any atom is 0.0545 e. The molecule has 2 unspecified atom stereocenters. The van der Waals surface area contributed by atoms with E-state index in [1.165, 1.54) is 70.6 Å². The number of hydrogen-bond acceptors (Lipinski definition) is 1. The predicted octanol–water partition coefficient (Wildman–Crippen LogP) is 7.04. The molecule has 132 valence electrons. The van der Waals surface area contributed by atoms with Gasteiger partial charge in [-0.2, -0.15) is 0 Å². The molecule has 0 rings (SSSR count). The zero-order valence-electron chi connectivity index (χ0n) is 15.9. The molecule has 0 aliphatic heterocycles. The van der Waals surface area contributed by atoms with Gasteiger partial charge in [0.1, 0.15) is 0 Å². The largest absolute Gasteiger partial charge is 0.393 e. The molecule has 0 aromatic heterocycles. The third-order valence-electron chi connectivity index (χ3n) is 4.68. The summed E-state index contributed by atoms with van der Waals surface area (Å²) < 4.78 is 0. The van der Waals surface area contributed by atoms with Crippen LogP contribution < -0.4 is 0 Å². The van der Waals surface area contributed by atoms with Gasteiger partial charge in [-0.3, -0.25) is 0 Å². The molecule has 0 aliphatic carbocycles. The summed E-state index contributed by atoms with van der Waals surface area (Å²) in [6, 6.07) is 0. The highest BCUT2D eigenvalue weighted by Gasteiger charge is 2.14. The van der Waals surface area contributed by atoms with Crippen molar-refractivity contribution >= 4 is 0 Å². The smallest absolute Gasteiger partial charge is 0.0545 e. The van der Waals surface area contributed by atoms with Gasteiger partial charge in [0.15, 0.2) is 0 Å². The van der Waals surface area contributed by atoms with Crippen molar-refractivity contribution in [2.24, 2.45) is 5.92 Å². The summed E-state index contributed by atoms with van der Waals surface area (Å²) in [6.07, 6.45) is 18.3. The molecule has 22 heavy (non-hydrogen) atoms. The first-order valence-corrected chi connectivity index (χ1v) is 10.0. The Morgan fingerprint density at radius 3 is 2.09 bits per heavy atom. The maximum atomic E-state index is 10.2. The summed E-state index contributed by atoms with van der Waals surface area (Å²) in [7, 11) is 0. The van der Waals surface area contributed by atoms with E-state index in [9.17, 15) is 5.11 Å². The van der Waals surface area contributed by atoms with E-state index in [-0.39, 0.29) is 6.10 Å². The van der Waals surface area contributed by atoms with Gasteiger partial charge >= 0.3 is 0 Å². The van der Waals surface area contributed by atoms with E-state index in [0.29, 0.717) is 5.92 Å². The highest BCUT2D eigenvalue weighted by molar-refractivity contribution is 5.06. The molecule has 0 amide bonds. The molecule has 1 heteroatoms. The van der Waals surface area contributed by atoms with E-state index in [1.54, 1.807) is 5.57 Å². The fraction of sp³-hybridized carbons (Fsp3) is 0.905. The van der Waals surface area contributed by atoms with Crippen LogP contribution in [-0.4, -0.2) is 11.2 Å². The predicted molar refractivity (Wildman–Crippen MR) is 100 cm³/mol. The third-order valence-corrected chi connectivity index (χ3v) is 4.68. The fourth-order valence-electron chi connectivity index (χ4n) is 3.12. The molecule has 0 saturated heterocycles. The molecule has 1 nitrogen and oxygen atoms in total. The van der Waals surface area contributed by atoms with Crippen LogP contribution in [0.5, 0.6) is 0 Å². The molecule has 0 radical (unpaired) electrons. The summed E-state index contributed by atoms with van der Waals surface area (Å²) in [4.78, 5) is 0. The van der Waals surface area contributed by atoms with Crippen LogP contribution in [0.25, 0.3) is 0 Å². The molecule has 0 aromatic rings. The van der Waals surface area contributed by atoms with Crippen LogP contribution in [0.2, 0.25) is 0 Å².